The molecule has 1 aromatic carbocycles. The first-order valence-corrected chi connectivity index (χ1v) is 12.5. The van der Waals surface area contributed by atoms with Crippen LogP contribution in [0.15, 0.2) is 47.6 Å². The Labute approximate surface area is 227 Å². The van der Waals surface area contributed by atoms with Crippen LogP contribution in [-0.4, -0.2) is 54.4 Å². The molecule has 2 aromatic heterocycles. The Hall–Kier alpha value is -4.08. The number of rotatable bonds is 4. The van der Waals surface area contributed by atoms with E-state index in [0.717, 1.165) is 16.5 Å². The molecular weight excluding hydrogens is 530 g/mol. The summed E-state index contributed by atoms with van der Waals surface area (Å²) in [5.41, 5.74) is 1.61. The maximum Gasteiger partial charge on any atom is 0.449 e. The minimum Gasteiger partial charge on any atom is -0.481 e. The van der Waals surface area contributed by atoms with Crippen LogP contribution in [-0.2, 0) is 16.1 Å². The molecule has 0 unspecified atom stereocenters. The van der Waals surface area contributed by atoms with E-state index in [0.29, 0.717) is 36.6 Å². The first kappa shape index (κ1) is 27.5. The molecule has 8 nitrogen and oxygen atoms in total. The molecule has 3 aromatic rings. The van der Waals surface area contributed by atoms with Gasteiger partial charge in [-0.2, -0.15) is 18.4 Å². The molecule has 1 saturated heterocycles. The van der Waals surface area contributed by atoms with Gasteiger partial charge in [-0.15, -0.1) is 0 Å². The Morgan fingerprint density at radius 2 is 2.00 bits per heavy atom. The first-order valence-electron chi connectivity index (χ1n) is 12.5. The molecule has 40 heavy (non-hydrogen) atoms. The minimum absolute atomic E-state index is 0.0521. The van der Waals surface area contributed by atoms with E-state index in [4.69, 9.17) is 19.2 Å². The summed E-state index contributed by atoms with van der Waals surface area (Å²) in [5.74, 6) is -1.68. The van der Waals surface area contributed by atoms with E-state index in [2.05, 4.69) is 9.98 Å². The van der Waals surface area contributed by atoms with E-state index in [-0.39, 0.29) is 47.9 Å². The van der Waals surface area contributed by atoms with E-state index in [1.54, 1.807) is 18.3 Å². The predicted octanol–water partition coefficient (Wildman–Crippen LogP) is 5.81. The van der Waals surface area contributed by atoms with Crippen LogP contribution in [0.4, 0.5) is 23.2 Å². The van der Waals surface area contributed by atoms with Crippen molar-refractivity contribution < 1.29 is 31.8 Å². The summed E-state index contributed by atoms with van der Waals surface area (Å²) in [5, 5.41) is 9.18. The number of nitrogens with zero attached hydrogens (tertiary/aromatic N) is 5. The fourth-order valence-electron chi connectivity index (χ4n) is 4.88. The zero-order valence-electron chi connectivity index (χ0n) is 21.7. The third-order valence-corrected chi connectivity index (χ3v) is 6.86. The highest BCUT2D eigenvalue weighted by atomic mass is 19.4. The molecule has 1 fully saturated rings. The lowest BCUT2D eigenvalue weighted by Crippen LogP contribution is -2.40. The van der Waals surface area contributed by atoms with Gasteiger partial charge in [-0.3, -0.25) is 4.98 Å². The third-order valence-electron chi connectivity index (χ3n) is 6.86. The lowest BCUT2D eigenvalue weighted by atomic mass is 9.88. The van der Waals surface area contributed by atoms with Gasteiger partial charge >= 0.3 is 6.18 Å². The molecule has 0 aliphatic carbocycles. The molecule has 5 rings (SSSR count). The largest absolute Gasteiger partial charge is 0.481 e. The molecule has 0 amide bonds. The standard InChI is InChI=1S/C28H25F4N5O3/c1-37-15-39-14-19-10-22(17-6-8-40-23(11-17)18-5-7-34-24(12-18)38-2)35-26(25(19)36-27(37)28(30,31)32)20-4-3-16(13-33)9-21(20)29/h3-5,7,9-10,12,17,23H,6,8,11,14-15H2,1-2H3/t17-,23+/m0/s1. The fraction of sp³-hybridized carbons (Fsp3) is 0.357. The number of hydrogen-bond acceptors (Lipinski definition) is 8. The van der Waals surface area contributed by atoms with E-state index in [1.807, 2.05) is 12.1 Å². The molecule has 0 spiro atoms. The van der Waals surface area contributed by atoms with Crippen LogP contribution in [0.2, 0.25) is 0 Å². The van der Waals surface area contributed by atoms with Crippen LogP contribution >= 0.6 is 0 Å². The number of aromatic nitrogens is 2. The highest BCUT2D eigenvalue weighted by molar-refractivity contribution is 5.92. The number of hydrogen-bond donors (Lipinski definition) is 0. The predicted molar refractivity (Wildman–Crippen MR) is 136 cm³/mol. The molecule has 2 aliphatic heterocycles. The van der Waals surface area contributed by atoms with E-state index in [9.17, 15) is 18.4 Å². The van der Waals surface area contributed by atoms with Crippen LogP contribution in [0.25, 0.3) is 11.3 Å². The SMILES string of the molecule is COc1cc([C@H]2C[C@@H](c3cc4c(c(-c5ccc(C#N)cc5F)n3)N=C(C(F)(F)F)N(C)COC4)CCO2)ccn1. The van der Waals surface area contributed by atoms with Crippen molar-refractivity contribution in [3.8, 4) is 23.2 Å². The summed E-state index contributed by atoms with van der Waals surface area (Å²) in [6, 6.07) is 10.9. The van der Waals surface area contributed by atoms with Gasteiger partial charge in [-0.05, 0) is 48.7 Å². The molecule has 0 bridgehead atoms. The van der Waals surface area contributed by atoms with Crippen molar-refractivity contribution in [3.05, 3.63) is 70.8 Å². The van der Waals surface area contributed by atoms with Crippen LogP contribution in [0.5, 0.6) is 5.88 Å². The summed E-state index contributed by atoms with van der Waals surface area (Å²) < 4.78 is 74.0. The van der Waals surface area contributed by atoms with Gasteiger partial charge in [0, 0.05) is 48.7 Å². The lowest BCUT2D eigenvalue weighted by molar-refractivity contribution is -0.0741. The van der Waals surface area contributed by atoms with Gasteiger partial charge in [-0.25, -0.2) is 14.4 Å². The Morgan fingerprint density at radius 3 is 2.73 bits per heavy atom. The zero-order valence-corrected chi connectivity index (χ0v) is 21.7. The molecular formula is C28H25F4N5O3. The summed E-state index contributed by atoms with van der Waals surface area (Å²) >= 11 is 0. The highest BCUT2D eigenvalue weighted by Crippen LogP contribution is 2.42. The smallest absolute Gasteiger partial charge is 0.449 e. The summed E-state index contributed by atoms with van der Waals surface area (Å²) in [6.07, 6.45) is -2.34. The number of halogens is 4. The second kappa shape index (κ2) is 11.2. The van der Waals surface area contributed by atoms with Crippen molar-refractivity contribution >= 4 is 11.5 Å². The van der Waals surface area contributed by atoms with Gasteiger partial charge in [0.2, 0.25) is 11.7 Å². The highest BCUT2D eigenvalue weighted by Gasteiger charge is 2.40. The van der Waals surface area contributed by atoms with Gasteiger partial charge in [0.25, 0.3) is 0 Å². The quantitative estimate of drug-likeness (QED) is 0.375. The Balaban J connectivity index is 1.64. The zero-order chi connectivity index (χ0) is 28.4. The fourth-order valence-corrected chi connectivity index (χ4v) is 4.88. The summed E-state index contributed by atoms with van der Waals surface area (Å²) in [7, 11) is 2.74. The monoisotopic (exact) mass is 555 g/mol. The normalized spacial score (nSPS) is 19.6. The molecule has 0 N–H and O–H groups in total. The second-order valence-corrected chi connectivity index (χ2v) is 9.53. The molecule has 208 valence electrons. The number of alkyl halides is 3. The van der Waals surface area contributed by atoms with Gasteiger partial charge in [0.1, 0.15) is 12.5 Å². The van der Waals surface area contributed by atoms with Gasteiger partial charge in [-0.1, -0.05) is 0 Å². The summed E-state index contributed by atoms with van der Waals surface area (Å²) in [4.78, 5) is 13.7. The van der Waals surface area contributed by atoms with E-state index >= 15 is 4.39 Å². The first-order chi connectivity index (χ1) is 19.2. The molecule has 12 heteroatoms. The van der Waals surface area contributed by atoms with E-state index in [1.165, 1.54) is 26.3 Å². The molecule has 4 heterocycles. The van der Waals surface area contributed by atoms with Crippen LogP contribution in [0.1, 0.15) is 47.2 Å². The molecule has 2 atom stereocenters. The van der Waals surface area contributed by atoms with Gasteiger partial charge in [0.05, 0.1) is 42.8 Å². The van der Waals surface area contributed by atoms with Crippen molar-refractivity contribution in [2.24, 2.45) is 4.99 Å². The number of nitriles is 1. The number of aliphatic imine (C=N–C) groups is 1. The molecule has 2 aliphatic rings. The molecule has 0 saturated carbocycles. The van der Waals surface area contributed by atoms with Crippen LogP contribution in [0.3, 0.4) is 0 Å². The average molecular weight is 556 g/mol. The van der Waals surface area contributed by atoms with E-state index < -0.39 is 17.8 Å². The van der Waals surface area contributed by atoms with Crippen molar-refractivity contribution in [2.75, 3.05) is 27.5 Å². The number of fused-ring (bicyclic) bond motifs is 1. The van der Waals surface area contributed by atoms with Crippen molar-refractivity contribution in [3.63, 3.8) is 0 Å². The Morgan fingerprint density at radius 1 is 1.18 bits per heavy atom. The van der Waals surface area contributed by atoms with Gasteiger partial charge in [0.15, 0.2) is 0 Å². The van der Waals surface area contributed by atoms with Crippen molar-refractivity contribution in [2.45, 2.75) is 37.6 Å². The maximum absolute atomic E-state index is 15.3. The minimum atomic E-state index is -4.79. The number of amidine groups is 1. The number of ether oxygens (including phenoxy) is 3. The maximum atomic E-state index is 15.3. The molecule has 0 radical (unpaired) electrons. The van der Waals surface area contributed by atoms with Crippen LogP contribution < -0.4 is 4.74 Å². The number of pyridine rings is 2. The lowest BCUT2D eigenvalue weighted by Gasteiger charge is -2.31. The van der Waals surface area contributed by atoms with Crippen molar-refractivity contribution in [1.29, 1.82) is 5.26 Å². The number of methoxy groups -OCH3 is 1. The van der Waals surface area contributed by atoms with Crippen molar-refractivity contribution in [1.82, 2.24) is 14.9 Å². The second-order valence-electron chi connectivity index (χ2n) is 9.53. The number of benzene rings is 1. The third kappa shape index (κ3) is 5.61. The topological polar surface area (TPSA) is 92.9 Å². The Kier molecular flexibility index (Phi) is 7.69. The van der Waals surface area contributed by atoms with Gasteiger partial charge < -0.3 is 19.1 Å². The summed E-state index contributed by atoms with van der Waals surface area (Å²) in [6.45, 7) is 0.0269. The van der Waals surface area contributed by atoms with Crippen LogP contribution in [0, 0.1) is 17.1 Å². The average Bonchev–Trinajstić information content (AvgIpc) is 2.94. The Bertz CT molecular complexity index is 1490.